The van der Waals surface area contributed by atoms with Gasteiger partial charge in [0.05, 0.1) is 0 Å². The van der Waals surface area contributed by atoms with Crippen molar-refractivity contribution in [2.75, 3.05) is 26.2 Å². The van der Waals surface area contributed by atoms with E-state index < -0.39 is 0 Å². The Morgan fingerprint density at radius 1 is 1.12 bits per heavy atom. The van der Waals surface area contributed by atoms with Crippen LogP contribution in [0.4, 0.5) is 0 Å². The summed E-state index contributed by atoms with van der Waals surface area (Å²) < 4.78 is 0. The maximum Gasteiger partial charge on any atom is 0.0207 e. The first kappa shape index (κ1) is 12.3. The molecule has 3 nitrogen and oxygen atoms in total. The van der Waals surface area contributed by atoms with Crippen LogP contribution in [0.2, 0.25) is 0 Å². The molecule has 1 atom stereocenters. The first-order valence-corrected chi connectivity index (χ1v) is 6.77. The van der Waals surface area contributed by atoms with Crippen molar-refractivity contribution < 1.29 is 0 Å². The van der Waals surface area contributed by atoms with Gasteiger partial charge in [-0.25, -0.2) is 0 Å². The zero-order valence-corrected chi connectivity index (χ0v) is 11.1. The van der Waals surface area contributed by atoms with Crippen molar-refractivity contribution in [3.05, 3.63) is 0 Å². The summed E-state index contributed by atoms with van der Waals surface area (Å²) in [5.74, 6) is 0. The van der Waals surface area contributed by atoms with Gasteiger partial charge in [0, 0.05) is 43.8 Å². The average Bonchev–Trinajstić information content (AvgIpc) is 2.93. The topological polar surface area (TPSA) is 27.3 Å². The molecule has 2 rings (SSSR count). The quantitative estimate of drug-likeness (QED) is 0.689. The van der Waals surface area contributed by atoms with Gasteiger partial charge < -0.3 is 10.6 Å². The molecule has 1 saturated carbocycles. The van der Waals surface area contributed by atoms with Crippen LogP contribution in [0.15, 0.2) is 0 Å². The lowest BCUT2D eigenvalue weighted by Crippen LogP contribution is -2.43. The first-order chi connectivity index (χ1) is 7.54. The summed E-state index contributed by atoms with van der Waals surface area (Å²) in [6.07, 6.45) is 4.22. The van der Waals surface area contributed by atoms with Gasteiger partial charge in [-0.15, -0.1) is 0 Å². The van der Waals surface area contributed by atoms with Gasteiger partial charge in [0.25, 0.3) is 0 Å². The third-order valence-corrected chi connectivity index (χ3v) is 3.50. The molecule has 0 bridgehead atoms. The summed E-state index contributed by atoms with van der Waals surface area (Å²) in [5, 5.41) is 7.18. The molecule has 1 aliphatic carbocycles. The van der Waals surface area contributed by atoms with Crippen LogP contribution in [-0.4, -0.2) is 48.7 Å². The molecule has 1 unspecified atom stereocenters. The van der Waals surface area contributed by atoms with Crippen molar-refractivity contribution in [3.8, 4) is 0 Å². The highest BCUT2D eigenvalue weighted by molar-refractivity contribution is 4.91. The highest BCUT2D eigenvalue weighted by Gasteiger charge is 2.33. The van der Waals surface area contributed by atoms with Crippen LogP contribution < -0.4 is 10.6 Å². The second-order valence-electron chi connectivity index (χ2n) is 6.34. The summed E-state index contributed by atoms with van der Waals surface area (Å²) in [7, 11) is 0. The zero-order chi connectivity index (χ0) is 11.6. The van der Waals surface area contributed by atoms with E-state index in [0.717, 1.165) is 25.2 Å². The molecule has 2 fully saturated rings. The van der Waals surface area contributed by atoms with Crippen LogP contribution in [0.25, 0.3) is 0 Å². The van der Waals surface area contributed by atoms with Crippen LogP contribution in [-0.2, 0) is 0 Å². The normalized spacial score (nSPS) is 27.6. The average molecular weight is 225 g/mol. The first-order valence-electron chi connectivity index (χ1n) is 6.77. The Kier molecular flexibility index (Phi) is 3.88. The molecule has 3 heteroatoms. The van der Waals surface area contributed by atoms with Gasteiger partial charge >= 0.3 is 0 Å². The fourth-order valence-electron chi connectivity index (χ4n) is 2.44. The van der Waals surface area contributed by atoms with Crippen LogP contribution >= 0.6 is 0 Å². The molecule has 1 saturated heterocycles. The molecular formula is C13H27N3. The van der Waals surface area contributed by atoms with E-state index in [-0.39, 0.29) is 5.54 Å². The molecule has 94 valence electrons. The lowest BCUT2D eigenvalue weighted by atomic mass is 10.1. The fraction of sp³-hybridized carbons (Fsp3) is 1.00. The molecule has 16 heavy (non-hydrogen) atoms. The smallest absolute Gasteiger partial charge is 0.0207 e. The standard InChI is InChI=1S/C13H27N3/c1-13(2,3)15-8-7-14-11-6-9-16(10-11)12-4-5-12/h11-12,14-15H,4-10H2,1-3H3. The molecule has 0 amide bonds. The molecule has 1 aliphatic heterocycles. The van der Waals surface area contributed by atoms with Crippen LogP contribution in [0.1, 0.15) is 40.0 Å². The Morgan fingerprint density at radius 3 is 2.50 bits per heavy atom. The molecular weight excluding hydrogens is 198 g/mol. The molecule has 2 N–H and O–H groups in total. The van der Waals surface area contributed by atoms with E-state index in [0.29, 0.717) is 0 Å². The number of likely N-dealkylation sites (tertiary alicyclic amines) is 1. The van der Waals surface area contributed by atoms with Gasteiger partial charge in [0.15, 0.2) is 0 Å². The van der Waals surface area contributed by atoms with Gasteiger partial charge in [-0.1, -0.05) is 0 Å². The highest BCUT2D eigenvalue weighted by atomic mass is 15.2. The predicted molar refractivity (Wildman–Crippen MR) is 68.8 cm³/mol. The Morgan fingerprint density at radius 2 is 1.88 bits per heavy atom. The maximum atomic E-state index is 3.66. The Labute approximate surface area is 100.0 Å². The molecule has 0 aromatic heterocycles. The lowest BCUT2D eigenvalue weighted by molar-refractivity contribution is 0.316. The highest BCUT2D eigenvalue weighted by Crippen LogP contribution is 2.29. The summed E-state index contributed by atoms with van der Waals surface area (Å²) in [6, 6.07) is 1.68. The van der Waals surface area contributed by atoms with E-state index in [1.54, 1.807) is 0 Å². The zero-order valence-electron chi connectivity index (χ0n) is 11.1. The van der Waals surface area contributed by atoms with Crippen LogP contribution in [0, 0.1) is 0 Å². The van der Waals surface area contributed by atoms with Crippen LogP contribution in [0.5, 0.6) is 0 Å². The largest absolute Gasteiger partial charge is 0.311 e. The maximum absolute atomic E-state index is 3.66. The van der Waals surface area contributed by atoms with Gasteiger partial charge in [-0.3, -0.25) is 4.90 Å². The van der Waals surface area contributed by atoms with Gasteiger partial charge in [0.1, 0.15) is 0 Å². The molecule has 0 aromatic rings. The number of nitrogens with one attached hydrogen (secondary N) is 2. The van der Waals surface area contributed by atoms with E-state index in [1.165, 1.54) is 32.4 Å². The molecule has 0 spiro atoms. The number of hydrogen-bond acceptors (Lipinski definition) is 3. The summed E-state index contributed by atoms with van der Waals surface area (Å²) in [4.78, 5) is 2.66. The predicted octanol–water partition coefficient (Wildman–Crippen LogP) is 1.20. The van der Waals surface area contributed by atoms with E-state index in [2.05, 4.69) is 36.3 Å². The van der Waals surface area contributed by atoms with Crippen molar-refractivity contribution >= 4 is 0 Å². The third-order valence-electron chi connectivity index (χ3n) is 3.50. The van der Waals surface area contributed by atoms with Crippen molar-refractivity contribution in [1.82, 2.24) is 15.5 Å². The van der Waals surface area contributed by atoms with Crippen molar-refractivity contribution in [2.24, 2.45) is 0 Å². The SMILES string of the molecule is CC(C)(C)NCCNC1CCN(C2CC2)C1. The molecule has 0 aromatic carbocycles. The Hall–Kier alpha value is -0.120. The second kappa shape index (κ2) is 5.03. The molecule has 1 heterocycles. The summed E-state index contributed by atoms with van der Waals surface area (Å²) in [5.41, 5.74) is 0.247. The number of hydrogen-bond donors (Lipinski definition) is 2. The minimum atomic E-state index is 0.247. The van der Waals surface area contributed by atoms with E-state index in [4.69, 9.17) is 0 Å². The number of rotatable bonds is 5. The second-order valence-corrected chi connectivity index (χ2v) is 6.34. The monoisotopic (exact) mass is 225 g/mol. The van der Waals surface area contributed by atoms with Crippen molar-refractivity contribution in [1.29, 1.82) is 0 Å². The molecule has 0 radical (unpaired) electrons. The van der Waals surface area contributed by atoms with Gasteiger partial charge in [-0.2, -0.15) is 0 Å². The van der Waals surface area contributed by atoms with Crippen molar-refractivity contribution in [3.63, 3.8) is 0 Å². The third kappa shape index (κ3) is 4.04. The molecule has 2 aliphatic rings. The summed E-state index contributed by atoms with van der Waals surface area (Å²) in [6.45, 7) is 11.4. The Balaban J connectivity index is 1.54. The van der Waals surface area contributed by atoms with Crippen LogP contribution in [0.3, 0.4) is 0 Å². The van der Waals surface area contributed by atoms with E-state index in [9.17, 15) is 0 Å². The lowest BCUT2D eigenvalue weighted by Gasteiger charge is -2.21. The van der Waals surface area contributed by atoms with Gasteiger partial charge in [-0.05, 0) is 40.0 Å². The van der Waals surface area contributed by atoms with E-state index >= 15 is 0 Å². The minimum Gasteiger partial charge on any atom is -0.311 e. The van der Waals surface area contributed by atoms with Crippen molar-refractivity contribution in [2.45, 2.75) is 57.7 Å². The Bertz CT molecular complexity index is 218. The minimum absolute atomic E-state index is 0.247. The van der Waals surface area contributed by atoms with Gasteiger partial charge in [0.2, 0.25) is 0 Å². The fourth-order valence-corrected chi connectivity index (χ4v) is 2.44. The van der Waals surface area contributed by atoms with E-state index in [1.807, 2.05) is 0 Å². The summed E-state index contributed by atoms with van der Waals surface area (Å²) >= 11 is 0. The number of nitrogens with zero attached hydrogens (tertiary/aromatic N) is 1.